The maximum atomic E-state index is 6.16. The van der Waals surface area contributed by atoms with Crippen LogP contribution in [0.1, 0.15) is 75.5 Å². The van der Waals surface area contributed by atoms with Gasteiger partial charge in [-0.15, -0.1) is 0 Å². The van der Waals surface area contributed by atoms with Gasteiger partial charge in [0.05, 0.1) is 7.11 Å². The van der Waals surface area contributed by atoms with Gasteiger partial charge in [0.1, 0.15) is 5.75 Å². The Balaban J connectivity index is 2.69. The Hall–Kier alpha value is -1.02. The van der Waals surface area contributed by atoms with Gasteiger partial charge in [-0.1, -0.05) is 46.2 Å². The van der Waals surface area contributed by atoms with E-state index >= 15 is 0 Å². The van der Waals surface area contributed by atoms with E-state index in [4.69, 9.17) is 10.5 Å². The number of rotatable bonds is 5. The van der Waals surface area contributed by atoms with E-state index < -0.39 is 0 Å². The lowest BCUT2D eigenvalue weighted by atomic mass is 9.62. The highest BCUT2D eigenvalue weighted by Gasteiger charge is 2.42. The van der Waals surface area contributed by atoms with Crippen molar-refractivity contribution < 1.29 is 4.74 Å². The first-order valence-corrected chi connectivity index (χ1v) is 7.88. The second-order valence-corrected chi connectivity index (χ2v) is 6.80. The maximum Gasteiger partial charge on any atom is 0.126 e. The Morgan fingerprint density at radius 1 is 1.10 bits per heavy atom. The Bertz CT molecular complexity index is 467. The zero-order valence-corrected chi connectivity index (χ0v) is 13.6. The van der Waals surface area contributed by atoms with Crippen LogP contribution in [0.15, 0.2) is 12.1 Å². The van der Waals surface area contributed by atoms with Crippen LogP contribution in [0.3, 0.4) is 0 Å². The van der Waals surface area contributed by atoms with Crippen LogP contribution in [-0.2, 0) is 5.41 Å². The Kier molecular flexibility index (Phi) is 4.43. The van der Waals surface area contributed by atoms with Gasteiger partial charge in [0, 0.05) is 17.5 Å². The molecule has 1 aromatic rings. The fraction of sp³-hybridized carbons (Fsp3) is 0.667. The van der Waals surface area contributed by atoms with E-state index in [1.807, 2.05) is 0 Å². The smallest absolute Gasteiger partial charge is 0.126 e. The van der Waals surface area contributed by atoms with Crippen LogP contribution < -0.4 is 10.5 Å². The van der Waals surface area contributed by atoms with Crippen molar-refractivity contribution in [2.45, 2.75) is 64.2 Å². The number of ether oxygens (including phenoxy) is 1. The lowest BCUT2D eigenvalue weighted by molar-refractivity contribution is 0.240. The zero-order chi connectivity index (χ0) is 14.9. The van der Waals surface area contributed by atoms with Gasteiger partial charge in [0.25, 0.3) is 0 Å². The molecule has 0 spiro atoms. The molecule has 2 rings (SSSR count). The third-order valence-corrected chi connectivity index (χ3v) is 4.90. The molecule has 0 amide bonds. The Morgan fingerprint density at radius 3 is 2.00 bits per heavy atom. The SMILES string of the molecule is COc1c(C(C)C)ccc(C(C)C)c1C1(CN)CCC1. The summed E-state index contributed by atoms with van der Waals surface area (Å²) in [5.74, 6) is 2.07. The van der Waals surface area contributed by atoms with Crippen LogP contribution in [0.4, 0.5) is 0 Å². The van der Waals surface area contributed by atoms with Crippen LogP contribution in [0.5, 0.6) is 5.75 Å². The number of hydrogen-bond acceptors (Lipinski definition) is 2. The Morgan fingerprint density at radius 2 is 1.65 bits per heavy atom. The van der Waals surface area contributed by atoms with Gasteiger partial charge in [0.2, 0.25) is 0 Å². The van der Waals surface area contributed by atoms with Crippen molar-refractivity contribution >= 4 is 0 Å². The fourth-order valence-corrected chi connectivity index (χ4v) is 3.48. The monoisotopic (exact) mass is 275 g/mol. The van der Waals surface area contributed by atoms with Crippen LogP contribution in [0.2, 0.25) is 0 Å². The average Bonchev–Trinajstić information content (AvgIpc) is 2.36. The van der Waals surface area contributed by atoms with Crippen LogP contribution in [0.25, 0.3) is 0 Å². The van der Waals surface area contributed by atoms with E-state index in [1.165, 1.54) is 36.0 Å². The quantitative estimate of drug-likeness (QED) is 0.868. The van der Waals surface area contributed by atoms with Gasteiger partial charge < -0.3 is 10.5 Å². The summed E-state index contributed by atoms with van der Waals surface area (Å²) in [6.45, 7) is 9.70. The minimum absolute atomic E-state index is 0.149. The molecule has 0 atom stereocenters. The van der Waals surface area contributed by atoms with E-state index in [-0.39, 0.29) is 5.41 Å². The normalized spacial score (nSPS) is 17.4. The first kappa shape index (κ1) is 15.4. The molecule has 0 saturated heterocycles. The molecule has 0 bridgehead atoms. The van der Waals surface area contributed by atoms with Crippen molar-refractivity contribution in [3.63, 3.8) is 0 Å². The lowest BCUT2D eigenvalue weighted by Crippen LogP contribution is -2.42. The molecule has 2 nitrogen and oxygen atoms in total. The molecule has 1 aliphatic carbocycles. The summed E-state index contributed by atoms with van der Waals surface area (Å²) in [5, 5.41) is 0. The van der Waals surface area contributed by atoms with E-state index in [2.05, 4.69) is 39.8 Å². The van der Waals surface area contributed by atoms with Crippen molar-refractivity contribution in [1.29, 1.82) is 0 Å². The zero-order valence-electron chi connectivity index (χ0n) is 13.6. The molecular formula is C18H29NO. The summed E-state index contributed by atoms with van der Waals surface area (Å²) >= 11 is 0. The van der Waals surface area contributed by atoms with Gasteiger partial charge in [-0.25, -0.2) is 0 Å². The van der Waals surface area contributed by atoms with E-state index in [0.717, 1.165) is 12.3 Å². The molecule has 0 unspecified atom stereocenters. The summed E-state index contributed by atoms with van der Waals surface area (Å²) in [4.78, 5) is 0. The molecule has 1 saturated carbocycles. The second kappa shape index (κ2) is 5.77. The third-order valence-electron chi connectivity index (χ3n) is 4.90. The minimum atomic E-state index is 0.149. The molecule has 1 aromatic carbocycles. The maximum absolute atomic E-state index is 6.16. The molecule has 2 N–H and O–H groups in total. The van der Waals surface area contributed by atoms with Crippen LogP contribution >= 0.6 is 0 Å². The van der Waals surface area contributed by atoms with Crippen molar-refractivity contribution in [3.05, 3.63) is 28.8 Å². The summed E-state index contributed by atoms with van der Waals surface area (Å²) in [6.07, 6.45) is 3.67. The second-order valence-electron chi connectivity index (χ2n) is 6.80. The summed E-state index contributed by atoms with van der Waals surface area (Å²) in [5.41, 5.74) is 10.4. The summed E-state index contributed by atoms with van der Waals surface area (Å²) < 4.78 is 5.86. The van der Waals surface area contributed by atoms with E-state index in [0.29, 0.717) is 11.8 Å². The van der Waals surface area contributed by atoms with Crippen molar-refractivity contribution in [3.8, 4) is 5.75 Å². The Labute approximate surface area is 123 Å². The first-order valence-electron chi connectivity index (χ1n) is 7.88. The van der Waals surface area contributed by atoms with Crippen molar-refractivity contribution in [2.24, 2.45) is 5.73 Å². The molecule has 20 heavy (non-hydrogen) atoms. The minimum Gasteiger partial charge on any atom is -0.496 e. The largest absolute Gasteiger partial charge is 0.496 e. The fourth-order valence-electron chi connectivity index (χ4n) is 3.48. The highest BCUT2D eigenvalue weighted by Crippen LogP contribution is 2.51. The predicted octanol–water partition coefficient (Wildman–Crippen LogP) is 4.32. The molecule has 1 fully saturated rings. The topological polar surface area (TPSA) is 35.2 Å². The van der Waals surface area contributed by atoms with Gasteiger partial charge in [0.15, 0.2) is 0 Å². The average molecular weight is 275 g/mol. The van der Waals surface area contributed by atoms with Crippen LogP contribution in [0, 0.1) is 0 Å². The highest BCUT2D eigenvalue weighted by molar-refractivity contribution is 5.54. The van der Waals surface area contributed by atoms with Gasteiger partial charge >= 0.3 is 0 Å². The van der Waals surface area contributed by atoms with Gasteiger partial charge in [-0.3, -0.25) is 0 Å². The van der Waals surface area contributed by atoms with E-state index in [1.54, 1.807) is 7.11 Å². The standard InChI is InChI=1S/C18H29NO/c1-12(2)14-7-8-15(13(3)4)17(20-5)16(14)18(11-19)9-6-10-18/h7-8,12-13H,6,9-11,19H2,1-5H3. The third kappa shape index (κ3) is 2.35. The number of hydrogen-bond donors (Lipinski definition) is 1. The molecule has 0 heterocycles. The number of nitrogens with two attached hydrogens (primary N) is 1. The van der Waals surface area contributed by atoms with Gasteiger partial charge in [-0.05, 0) is 35.8 Å². The number of benzene rings is 1. The molecule has 112 valence electrons. The van der Waals surface area contributed by atoms with Crippen molar-refractivity contribution in [1.82, 2.24) is 0 Å². The van der Waals surface area contributed by atoms with Crippen molar-refractivity contribution in [2.75, 3.05) is 13.7 Å². The lowest BCUT2D eigenvalue weighted by Gasteiger charge is -2.44. The molecule has 1 aliphatic rings. The van der Waals surface area contributed by atoms with E-state index in [9.17, 15) is 0 Å². The molecular weight excluding hydrogens is 246 g/mol. The molecule has 2 heteroatoms. The highest BCUT2D eigenvalue weighted by atomic mass is 16.5. The van der Waals surface area contributed by atoms with Gasteiger partial charge in [-0.2, -0.15) is 0 Å². The number of methoxy groups -OCH3 is 1. The molecule has 0 radical (unpaired) electrons. The van der Waals surface area contributed by atoms with Crippen LogP contribution in [-0.4, -0.2) is 13.7 Å². The predicted molar refractivity (Wildman–Crippen MR) is 85.8 cm³/mol. The molecule has 0 aromatic heterocycles. The molecule has 0 aliphatic heterocycles. The first-order chi connectivity index (χ1) is 9.46. The summed E-state index contributed by atoms with van der Waals surface area (Å²) in [7, 11) is 1.80. The summed E-state index contributed by atoms with van der Waals surface area (Å²) in [6, 6.07) is 4.54.